The number of para-hydroxylation sites is 1. The number of nitro groups is 1. The lowest BCUT2D eigenvalue weighted by molar-refractivity contribution is -0.384. The highest BCUT2D eigenvalue weighted by molar-refractivity contribution is 6.41. The van der Waals surface area contributed by atoms with Crippen LogP contribution in [0.25, 0.3) is 21.8 Å². The molecule has 1 atom stereocenters. The first-order chi connectivity index (χ1) is 18.8. The van der Waals surface area contributed by atoms with Gasteiger partial charge in [0, 0.05) is 34.0 Å². The Labute approximate surface area is 223 Å². The van der Waals surface area contributed by atoms with E-state index in [0.717, 1.165) is 33.8 Å². The van der Waals surface area contributed by atoms with Crippen LogP contribution in [0.4, 0.5) is 11.4 Å². The predicted octanol–water partition coefficient (Wildman–Crippen LogP) is 6.73. The van der Waals surface area contributed by atoms with Crippen LogP contribution in [0.3, 0.4) is 0 Å². The summed E-state index contributed by atoms with van der Waals surface area (Å²) in [4.78, 5) is 31.0. The first-order valence-electron chi connectivity index (χ1n) is 12.6. The molecule has 6 rings (SSSR count). The van der Waals surface area contributed by atoms with Crippen molar-refractivity contribution in [3.63, 3.8) is 0 Å². The molecular formula is C31H25N3O5. The number of non-ortho nitro benzene ring substituents is 1. The van der Waals surface area contributed by atoms with Gasteiger partial charge in [-0.05, 0) is 60.7 Å². The molecule has 0 spiro atoms. The molecule has 0 aliphatic carbocycles. The molecule has 5 aromatic rings. The summed E-state index contributed by atoms with van der Waals surface area (Å²) >= 11 is 0. The molecule has 8 heteroatoms. The number of H-pyrrole nitrogens is 1. The molecule has 0 amide bonds. The second-order valence-corrected chi connectivity index (χ2v) is 9.96. The van der Waals surface area contributed by atoms with Gasteiger partial charge in [-0.2, -0.15) is 0 Å². The zero-order valence-corrected chi connectivity index (χ0v) is 21.4. The summed E-state index contributed by atoms with van der Waals surface area (Å²) in [7, 11) is 0. The summed E-state index contributed by atoms with van der Waals surface area (Å²) in [6, 6.07) is 24.5. The third-order valence-electron chi connectivity index (χ3n) is 7.52. The van der Waals surface area contributed by atoms with E-state index in [2.05, 4.69) is 34.2 Å². The van der Waals surface area contributed by atoms with Gasteiger partial charge in [-0.15, -0.1) is 0 Å². The number of carboxylic acid groups (broad SMARTS) is 1. The standard InChI is InChI=1S/C31H25N3O5/c1-18-26-25(32-29(30(35)36)31(26,2)39-17-20-11-13-22(14-12-20)34(37)38)16-24-23-10-6-9-21(28(23)33-27(18)24)15-19-7-4-3-5-8-19/h3-14,16,33H,15,17H2,1-2H3,(H,35,36). The van der Waals surface area contributed by atoms with Crippen LogP contribution in [0.1, 0.15) is 34.7 Å². The monoisotopic (exact) mass is 519 g/mol. The Morgan fingerprint density at radius 2 is 1.74 bits per heavy atom. The lowest BCUT2D eigenvalue weighted by Gasteiger charge is -2.28. The Hall–Kier alpha value is -4.82. The molecule has 194 valence electrons. The number of rotatable bonds is 7. The molecule has 0 saturated carbocycles. The number of benzene rings is 4. The Morgan fingerprint density at radius 3 is 2.44 bits per heavy atom. The molecule has 1 aliphatic heterocycles. The van der Waals surface area contributed by atoms with Gasteiger partial charge in [0.2, 0.25) is 0 Å². The van der Waals surface area contributed by atoms with Crippen LogP contribution in [-0.4, -0.2) is 26.7 Å². The minimum absolute atomic E-state index is 0.0207. The van der Waals surface area contributed by atoms with Crippen molar-refractivity contribution >= 4 is 44.9 Å². The van der Waals surface area contributed by atoms with E-state index in [9.17, 15) is 20.0 Å². The minimum atomic E-state index is -1.31. The van der Waals surface area contributed by atoms with Crippen molar-refractivity contribution in [1.29, 1.82) is 0 Å². The van der Waals surface area contributed by atoms with Crippen LogP contribution in [0.2, 0.25) is 0 Å². The molecule has 2 heterocycles. The molecule has 1 aromatic heterocycles. The van der Waals surface area contributed by atoms with E-state index in [1.165, 1.54) is 23.3 Å². The Bertz CT molecular complexity index is 1810. The normalized spacial score (nSPS) is 16.4. The van der Waals surface area contributed by atoms with Crippen molar-refractivity contribution < 1.29 is 19.6 Å². The van der Waals surface area contributed by atoms with Gasteiger partial charge >= 0.3 is 5.97 Å². The van der Waals surface area contributed by atoms with E-state index in [4.69, 9.17) is 4.74 Å². The van der Waals surface area contributed by atoms with Crippen LogP contribution < -0.4 is 0 Å². The van der Waals surface area contributed by atoms with Crippen LogP contribution in [0, 0.1) is 17.0 Å². The molecule has 0 fully saturated rings. The maximum absolute atomic E-state index is 12.3. The summed E-state index contributed by atoms with van der Waals surface area (Å²) in [6.45, 7) is 3.74. The van der Waals surface area contributed by atoms with E-state index in [-0.39, 0.29) is 18.0 Å². The number of nitrogens with zero attached hydrogens (tertiary/aromatic N) is 2. The number of aliphatic carboxylic acids is 1. The molecule has 4 aromatic carbocycles. The number of carbonyl (C=O) groups is 1. The van der Waals surface area contributed by atoms with E-state index < -0.39 is 16.5 Å². The van der Waals surface area contributed by atoms with Crippen LogP contribution in [0.5, 0.6) is 0 Å². The maximum atomic E-state index is 12.3. The summed E-state index contributed by atoms with van der Waals surface area (Å²) in [5.74, 6) is -1.16. The summed E-state index contributed by atoms with van der Waals surface area (Å²) in [5, 5.41) is 23.1. The van der Waals surface area contributed by atoms with Gasteiger partial charge in [0.25, 0.3) is 5.69 Å². The Morgan fingerprint density at radius 1 is 1.00 bits per heavy atom. The number of hydrogen-bond donors (Lipinski definition) is 2. The molecule has 39 heavy (non-hydrogen) atoms. The fourth-order valence-corrected chi connectivity index (χ4v) is 5.60. The Kier molecular flexibility index (Phi) is 5.77. The van der Waals surface area contributed by atoms with Crippen LogP contribution in [-0.2, 0) is 28.2 Å². The third-order valence-corrected chi connectivity index (χ3v) is 7.52. The topological polar surface area (TPSA) is 118 Å². The zero-order valence-electron chi connectivity index (χ0n) is 21.4. The van der Waals surface area contributed by atoms with Gasteiger partial charge in [0.1, 0.15) is 5.60 Å². The lowest BCUT2D eigenvalue weighted by atomic mass is 9.87. The maximum Gasteiger partial charge on any atom is 0.353 e. The average Bonchev–Trinajstić information content (AvgIpc) is 3.45. The van der Waals surface area contributed by atoms with E-state index in [1.807, 2.05) is 37.3 Å². The molecule has 0 bridgehead atoms. The number of aromatic amines is 1. The highest BCUT2D eigenvalue weighted by Gasteiger charge is 2.46. The molecule has 1 unspecified atom stereocenters. The number of fused-ring (bicyclic) bond motifs is 4. The van der Waals surface area contributed by atoms with Gasteiger partial charge in [0.05, 0.1) is 22.7 Å². The summed E-state index contributed by atoms with van der Waals surface area (Å²) < 4.78 is 6.29. The highest BCUT2D eigenvalue weighted by atomic mass is 16.6. The number of aromatic nitrogens is 1. The molecule has 0 saturated heterocycles. The Balaban J connectivity index is 1.44. The van der Waals surface area contributed by atoms with Gasteiger partial charge < -0.3 is 14.8 Å². The second-order valence-electron chi connectivity index (χ2n) is 9.96. The molecular weight excluding hydrogens is 494 g/mol. The van der Waals surface area contributed by atoms with Crippen molar-refractivity contribution in [2.45, 2.75) is 32.5 Å². The number of carboxylic acids is 1. The fourth-order valence-electron chi connectivity index (χ4n) is 5.60. The zero-order chi connectivity index (χ0) is 27.3. The first kappa shape index (κ1) is 24.5. The van der Waals surface area contributed by atoms with Gasteiger partial charge in [0.15, 0.2) is 5.71 Å². The third kappa shape index (κ3) is 4.06. The average molecular weight is 520 g/mol. The molecule has 0 radical (unpaired) electrons. The molecule has 8 nitrogen and oxygen atoms in total. The quantitative estimate of drug-likeness (QED) is 0.183. The molecule has 1 aliphatic rings. The lowest BCUT2D eigenvalue weighted by Crippen LogP contribution is -2.38. The largest absolute Gasteiger partial charge is 0.477 e. The van der Waals surface area contributed by atoms with Crippen molar-refractivity contribution in [1.82, 2.24) is 4.98 Å². The van der Waals surface area contributed by atoms with Crippen molar-refractivity contribution in [3.8, 4) is 0 Å². The SMILES string of the molecule is Cc1c2c(cc3c1[nH]c1c(Cc4ccccc4)cccc13)N=C(C(=O)O)C2(C)OCc1ccc([N+](=O)[O-])cc1. The smallest absolute Gasteiger partial charge is 0.353 e. The molecule has 2 N–H and O–H groups in total. The number of nitrogens with one attached hydrogen (secondary N) is 1. The fraction of sp³-hybridized carbons (Fsp3) is 0.161. The first-order valence-corrected chi connectivity index (χ1v) is 12.6. The van der Waals surface area contributed by atoms with Crippen LogP contribution in [0.15, 0.2) is 83.9 Å². The van der Waals surface area contributed by atoms with E-state index in [0.29, 0.717) is 16.8 Å². The second kappa shape index (κ2) is 9.18. The van der Waals surface area contributed by atoms with Crippen molar-refractivity contribution in [2.75, 3.05) is 0 Å². The number of nitro benzene ring substituents is 1. The number of aliphatic imine (C=N–C) groups is 1. The number of ether oxygens (including phenoxy) is 1. The highest BCUT2D eigenvalue weighted by Crippen LogP contribution is 2.47. The predicted molar refractivity (Wildman–Crippen MR) is 150 cm³/mol. The van der Waals surface area contributed by atoms with E-state index in [1.54, 1.807) is 19.1 Å². The summed E-state index contributed by atoms with van der Waals surface area (Å²) in [6.07, 6.45) is 0.779. The van der Waals surface area contributed by atoms with Crippen molar-refractivity contribution in [3.05, 3.63) is 117 Å². The van der Waals surface area contributed by atoms with Gasteiger partial charge in [-0.3, -0.25) is 10.1 Å². The van der Waals surface area contributed by atoms with E-state index >= 15 is 0 Å². The van der Waals surface area contributed by atoms with Crippen molar-refractivity contribution in [2.24, 2.45) is 4.99 Å². The van der Waals surface area contributed by atoms with Gasteiger partial charge in [-0.25, -0.2) is 9.79 Å². The number of hydrogen-bond acceptors (Lipinski definition) is 5. The van der Waals surface area contributed by atoms with Crippen LogP contribution >= 0.6 is 0 Å². The number of aryl methyl sites for hydroxylation is 1. The minimum Gasteiger partial charge on any atom is -0.477 e. The van der Waals surface area contributed by atoms with Gasteiger partial charge in [-0.1, -0.05) is 48.5 Å². The summed E-state index contributed by atoms with van der Waals surface area (Å²) in [5.41, 5.74) is 5.74.